The molecule has 1 atom stereocenters. The van der Waals surface area contributed by atoms with Crippen molar-refractivity contribution < 1.29 is 9.47 Å². The van der Waals surface area contributed by atoms with E-state index in [1.165, 1.54) is 5.69 Å². The van der Waals surface area contributed by atoms with Crippen molar-refractivity contribution in [2.45, 2.75) is 12.5 Å². The molecule has 0 bridgehead atoms. The molecule has 3 aromatic rings. The Labute approximate surface area is 152 Å². The summed E-state index contributed by atoms with van der Waals surface area (Å²) in [4.78, 5) is 14.8. The summed E-state index contributed by atoms with van der Waals surface area (Å²) in [6, 6.07) is 13.8. The zero-order chi connectivity index (χ0) is 17.8. The molecule has 6 heteroatoms. The summed E-state index contributed by atoms with van der Waals surface area (Å²) in [6.07, 6.45) is 4.56. The smallest absolute Gasteiger partial charge is 0.161 e. The second kappa shape index (κ2) is 7.58. The molecule has 6 nitrogen and oxygen atoms in total. The van der Waals surface area contributed by atoms with Crippen molar-refractivity contribution >= 4 is 0 Å². The number of hydrogen-bond donors (Lipinski definition) is 1. The molecule has 0 saturated heterocycles. The number of nitrogens with zero attached hydrogens (tertiary/aromatic N) is 3. The number of benzene rings is 1. The highest BCUT2D eigenvalue weighted by Crippen LogP contribution is 2.32. The number of pyridine rings is 1. The second-order valence-corrected chi connectivity index (χ2v) is 6.21. The lowest BCUT2D eigenvalue weighted by Crippen LogP contribution is -2.39. The largest absolute Gasteiger partial charge is 0.493 e. The van der Waals surface area contributed by atoms with Gasteiger partial charge in [-0.2, -0.15) is 0 Å². The van der Waals surface area contributed by atoms with Crippen molar-refractivity contribution in [3.05, 3.63) is 72.1 Å². The normalized spacial score (nSPS) is 16.9. The molecule has 4 rings (SSSR count). The van der Waals surface area contributed by atoms with Crippen molar-refractivity contribution in [1.29, 1.82) is 0 Å². The Balaban J connectivity index is 1.50. The van der Waals surface area contributed by atoms with Crippen LogP contribution in [-0.2, 0) is 6.42 Å². The summed E-state index contributed by atoms with van der Waals surface area (Å²) in [5.74, 6) is 1.52. The zero-order valence-electron chi connectivity index (χ0n) is 14.8. The first-order chi connectivity index (χ1) is 12.9. The van der Waals surface area contributed by atoms with E-state index >= 15 is 0 Å². The monoisotopic (exact) mass is 350 g/mol. The molecule has 2 aromatic heterocycles. The molecular formula is C20H22N4O2. The second-order valence-electron chi connectivity index (χ2n) is 6.21. The van der Waals surface area contributed by atoms with E-state index < -0.39 is 0 Å². The molecule has 134 valence electrons. The Morgan fingerprint density at radius 3 is 2.77 bits per heavy atom. The van der Waals surface area contributed by atoms with Crippen LogP contribution in [0, 0.1) is 0 Å². The van der Waals surface area contributed by atoms with Crippen LogP contribution in [0.25, 0.3) is 0 Å². The van der Waals surface area contributed by atoms with Crippen molar-refractivity contribution in [1.82, 2.24) is 19.9 Å². The molecule has 0 aliphatic carbocycles. The van der Waals surface area contributed by atoms with Crippen LogP contribution in [0.5, 0.6) is 11.5 Å². The standard InChI is InChI=1S/C20H22N4O2/c1-25-17-7-2-3-8-18(17)26-13-12-24-11-9-15-19(23-14-22-15)20(24)16-6-4-5-10-21-16/h2-8,10,14,20H,9,11-13H2,1H3,(H,22,23). The van der Waals surface area contributed by atoms with Gasteiger partial charge in [-0.25, -0.2) is 4.98 Å². The van der Waals surface area contributed by atoms with Gasteiger partial charge in [0.1, 0.15) is 6.61 Å². The summed E-state index contributed by atoms with van der Waals surface area (Å²) < 4.78 is 11.3. The van der Waals surface area contributed by atoms with Crippen molar-refractivity contribution in [2.24, 2.45) is 0 Å². The number of imidazole rings is 1. The van der Waals surface area contributed by atoms with Crippen molar-refractivity contribution in [2.75, 3.05) is 26.8 Å². The number of ether oxygens (including phenoxy) is 2. The average Bonchev–Trinajstić information content (AvgIpc) is 3.17. The van der Waals surface area contributed by atoms with Crippen molar-refractivity contribution in [3.63, 3.8) is 0 Å². The first-order valence-corrected chi connectivity index (χ1v) is 8.80. The fraction of sp³-hybridized carbons (Fsp3) is 0.300. The fourth-order valence-electron chi connectivity index (χ4n) is 3.44. The first kappa shape index (κ1) is 16.6. The maximum absolute atomic E-state index is 5.97. The first-order valence-electron chi connectivity index (χ1n) is 8.80. The van der Waals surface area contributed by atoms with Gasteiger partial charge >= 0.3 is 0 Å². The average molecular weight is 350 g/mol. The van der Waals surface area contributed by atoms with E-state index in [0.29, 0.717) is 6.61 Å². The Morgan fingerprint density at radius 1 is 1.12 bits per heavy atom. The minimum absolute atomic E-state index is 0.0486. The van der Waals surface area contributed by atoms with Crippen molar-refractivity contribution in [3.8, 4) is 11.5 Å². The predicted molar refractivity (Wildman–Crippen MR) is 98.4 cm³/mol. The van der Waals surface area contributed by atoms with E-state index in [2.05, 4.69) is 25.9 Å². The van der Waals surface area contributed by atoms with Crippen LogP contribution < -0.4 is 9.47 Å². The summed E-state index contributed by atoms with van der Waals surface area (Å²) >= 11 is 0. The van der Waals surface area contributed by atoms with Crippen LogP contribution in [0.4, 0.5) is 0 Å². The Kier molecular flexibility index (Phi) is 4.84. The number of methoxy groups -OCH3 is 1. The third kappa shape index (κ3) is 3.28. The fourth-order valence-corrected chi connectivity index (χ4v) is 3.44. The predicted octanol–water partition coefficient (Wildman–Crippen LogP) is 2.84. The molecule has 1 aliphatic heterocycles. The lowest BCUT2D eigenvalue weighted by atomic mass is 9.99. The molecule has 0 amide bonds. The Bertz CT molecular complexity index is 850. The van der Waals surface area contributed by atoms with E-state index in [4.69, 9.17) is 9.47 Å². The Hall–Kier alpha value is -2.86. The highest BCUT2D eigenvalue weighted by Gasteiger charge is 2.31. The SMILES string of the molecule is COc1ccccc1OCCN1CCc2[nH]cnc2C1c1ccccn1. The van der Waals surface area contributed by atoms with Gasteiger partial charge < -0.3 is 14.5 Å². The molecule has 3 heterocycles. The summed E-state index contributed by atoms with van der Waals surface area (Å²) in [5, 5.41) is 0. The molecule has 0 fully saturated rings. The topological polar surface area (TPSA) is 63.3 Å². The summed E-state index contributed by atoms with van der Waals surface area (Å²) in [5.41, 5.74) is 3.27. The number of aromatic amines is 1. The minimum Gasteiger partial charge on any atom is -0.493 e. The van der Waals surface area contributed by atoms with Gasteiger partial charge in [-0.3, -0.25) is 9.88 Å². The molecule has 1 unspecified atom stereocenters. The maximum Gasteiger partial charge on any atom is 0.161 e. The Morgan fingerprint density at radius 2 is 1.96 bits per heavy atom. The van der Waals surface area contributed by atoms with Gasteiger partial charge in [-0.15, -0.1) is 0 Å². The van der Waals surface area contributed by atoms with Gasteiger partial charge in [-0.05, 0) is 24.3 Å². The van der Waals surface area contributed by atoms with Gasteiger partial charge in [0.15, 0.2) is 11.5 Å². The van der Waals surface area contributed by atoms with Gasteiger partial charge in [0.05, 0.1) is 30.9 Å². The zero-order valence-corrected chi connectivity index (χ0v) is 14.8. The number of aromatic nitrogens is 3. The highest BCUT2D eigenvalue weighted by atomic mass is 16.5. The number of rotatable bonds is 6. The molecule has 0 spiro atoms. The van der Waals surface area contributed by atoms with Crippen LogP contribution in [0.15, 0.2) is 55.0 Å². The maximum atomic E-state index is 5.97. The quantitative estimate of drug-likeness (QED) is 0.741. The lowest BCUT2D eigenvalue weighted by molar-refractivity contribution is 0.163. The molecule has 0 saturated carbocycles. The van der Waals surface area contributed by atoms with Crippen LogP contribution >= 0.6 is 0 Å². The summed E-state index contributed by atoms with van der Waals surface area (Å²) in [7, 11) is 1.66. The van der Waals surface area contributed by atoms with Gasteiger partial charge in [0.25, 0.3) is 0 Å². The summed E-state index contributed by atoms with van der Waals surface area (Å²) in [6.45, 7) is 2.29. The van der Waals surface area contributed by atoms with Gasteiger partial charge in [0.2, 0.25) is 0 Å². The molecule has 0 radical (unpaired) electrons. The number of fused-ring (bicyclic) bond motifs is 1. The lowest BCUT2D eigenvalue weighted by Gasteiger charge is -2.34. The van der Waals surface area contributed by atoms with E-state index in [1.54, 1.807) is 13.4 Å². The minimum atomic E-state index is 0.0486. The molecular weight excluding hydrogens is 328 g/mol. The van der Waals surface area contributed by atoms with Crippen LogP contribution in [0.3, 0.4) is 0 Å². The molecule has 1 N–H and O–H groups in total. The third-order valence-corrected chi connectivity index (χ3v) is 4.70. The third-order valence-electron chi connectivity index (χ3n) is 4.70. The number of para-hydroxylation sites is 2. The van der Waals surface area contributed by atoms with Crippen LogP contribution in [-0.4, -0.2) is 46.7 Å². The number of H-pyrrole nitrogens is 1. The number of hydrogen-bond acceptors (Lipinski definition) is 5. The molecule has 1 aliphatic rings. The highest BCUT2D eigenvalue weighted by molar-refractivity contribution is 5.39. The van der Waals surface area contributed by atoms with E-state index in [1.807, 2.05) is 42.6 Å². The van der Waals surface area contributed by atoms with E-state index in [9.17, 15) is 0 Å². The van der Waals surface area contributed by atoms with Crippen LogP contribution in [0.1, 0.15) is 23.1 Å². The molecule has 1 aromatic carbocycles. The van der Waals surface area contributed by atoms with E-state index in [-0.39, 0.29) is 6.04 Å². The van der Waals surface area contributed by atoms with Gasteiger partial charge in [-0.1, -0.05) is 18.2 Å². The van der Waals surface area contributed by atoms with Crippen LogP contribution in [0.2, 0.25) is 0 Å². The van der Waals surface area contributed by atoms with E-state index in [0.717, 1.165) is 42.4 Å². The van der Waals surface area contributed by atoms with Gasteiger partial charge in [0, 0.05) is 31.4 Å². The molecule has 26 heavy (non-hydrogen) atoms. The number of nitrogens with one attached hydrogen (secondary N) is 1.